The highest BCUT2D eigenvalue weighted by Crippen LogP contribution is 2.29. The zero-order chi connectivity index (χ0) is 28.3. The Balaban J connectivity index is 1.69. The van der Waals surface area contributed by atoms with E-state index < -0.39 is 30.2 Å². The van der Waals surface area contributed by atoms with Crippen molar-refractivity contribution in [1.82, 2.24) is 28.9 Å². The largest absolute Gasteiger partial charge is 0.449 e. The van der Waals surface area contributed by atoms with Crippen molar-refractivity contribution in [3.8, 4) is 11.4 Å². The Morgan fingerprint density at radius 2 is 2.03 bits per heavy atom. The van der Waals surface area contributed by atoms with Crippen molar-refractivity contribution < 1.29 is 27.4 Å². The van der Waals surface area contributed by atoms with Crippen LogP contribution in [0.3, 0.4) is 0 Å². The fourth-order valence-corrected chi connectivity index (χ4v) is 3.68. The number of amides is 1. The predicted molar refractivity (Wildman–Crippen MR) is 133 cm³/mol. The Labute approximate surface area is 219 Å². The number of aromatic nitrogens is 6. The van der Waals surface area contributed by atoms with Crippen LogP contribution >= 0.6 is 0 Å². The van der Waals surface area contributed by atoms with Crippen molar-refractivity contribution in [2.45, 2.75) is 25.9 Å². The molecule has 204 valence electrons. The molecule has 0 aromatic carbocycles. The van der Waals surface area contributed by atoms with Crippen LogP contribution in [-0.4, -0.2) is 67.0 Å². The van der Waals surface area contributed by atoms with Gasteiger partial charge < -0.3 is 15.2 Å². The highest BCUT2D eigenvalue weighted by molar-refractivity contribution is 6.08. The van der Waals surface area contributed by atoms with Crippen LogP contribution in [0.5, 0.6) is 0 Å². The lowest BCUT2D eigenvalue weighted by Gasteiger charge is -2.23. The number of carbonyl (C=O) groups is 1. The third kappa shape index (κ3) is 5.54. The Morgan fingerprint density at radius 3 is 2.74 bits per heavy atom. The van der Waals surface area contributed by atoms with E-state index in [2.05, 4.69) is 24.9 Å². The van der Waals surface area contributed by atoms with E-state index in [1.165, 1.54) is 52.9 Å². The molecule has 3 N–H and O–H groups in total. The number of carbonyl (C=O) groups excluding carboxylic acids is 1. The lowest BCUT2D eigenvalue weighted by molar-refractivity contribution is -0.0597. The fraction of sp³-hybridized carbons (Fsp3) is 0.261. The number of methoxy groups -OCH3 is 1. The highest BCUT2D eigenvalue weighted by atomic mass is 19.4. The minimum absolute atomic E-state index is 0.0889. The molecule has 4 aromatic heterocycles. The van der Waals surface area contributed by atoms with Gasteiger partial charge in [-0.25, -0.2) is 29.7 Å². The van der Waals surface area contributed by atoms with E-state index in [0.29, 0.717) is 11.4 Å². The Kier molecular flexibility index (Phi) is 7.57. The van der Waals surface area contributed by atoms with E-state index in [1.54, 1.807) is 31.3 Å². The monoisotopic (exact) mass is 544 g/mol. The van der Waals surface area contributed by atoms with Gasteiger partial charge in [0.1, 0.15) is 17.2 Å². The second-order valence-corrected chi connectivity index (χ2v) is 8.09. The van der Waals surface area contributed by atoms with Gasteiger partial charge in [0, 0.05) is 38.3 Å². The number of aliphatic imine (C=N–C) groups is 1. The summed E-state index contributed by atoms with van der Waals surface area (Å²) in [7, 11) is 3.01. The lowest BCUT2D eigenvalue weighted by Crippen LogP contribution is -2.32. The number of nitrogens with two attached hydrogens (primary N) is 1. The van der Waals surface area contributed by atoms with Gasteiger partial charge in [0.2, 0.25) is 11.6 Å². The molecule has 1 amide bonds. The highest BCUT2D eigenvalue weighted by Gasteiger charge is 2.34. The molecule has 1 unspecified atom stereocenters. The number of hydrogen-bond donors (Lipinski definition) is 2. The Morgan fingerprint density at radius 1 is 1.28 bits per heavy atom. The molecule has 0 aliphatic carbocycles. The molecule has 0 aliphatic heterocycles. The molecule has 0 fully saturated rings. The molecule has 1 atom stereocenters. The van der Waals surface area contributed by atoms with Crippen LogP contribution in [0.4, 0.5) is 23.8 Å². The number of pyridine rings is 1. The van der Waals surface area contributed by atoms with Crippen molar-refractivity contribution in [3.05, 3.63) is 60.6 Å². The van der Waals surface area contributed by atoms with E-state index in [0.717, 1.165) is 0 Å². The number of amidine groups is 2. The molecule has 39 heavy (non-hydrogen) atoms. The molecule has 0 radical (unpaired) electrons. The first-order chi connectivity index (χ1) is 18.5. The molecular weight excluding hydrogens is 521 g/mol. The number of nitrogens with zero attached hydrogens (tertiary/aromatic N) is 8. The van der Waals surface area contributed by atoms with Gasteiger partial charge in [-0.2, -0.15) is 13.2 Å². The normalized spacial score (nSPS) is 12.9. The first-order valence-corrected chi connectivity index (χ1v) is 11.3. The molecule has 0 saturated carbocycles. The predicted octanol–water partition coefficient (Wildman–Crippen LogP) is 3.17. The third-order valence-corrected chi connectivity index (χ3v) is 5.48. The van der Waals surface area contributed by atoms with Crippen LogP contribution < -0.4 is 10.6 Å². The average molecular weight is 544 g/mol. The smallest absolute Gasteiger partial charge is 0.425 e. The summed E-state index contributed by atoms with van der Waals surface area (Å²) >= 11 is 0. The number of hydrogen-bond acceptors (Lipinski definition) is 8. The van der Waals surface area contributed by atoms with Crippen LogP contribution in [-0.2, 0) is 16.1 Å². The van der Waals surface area contributed by atoms with E-state index in [9.17, 15) is 18.0 Å². The summed E-state index contributed by atoms with van der Waals surface area (Å²) < 4.78 is 52.6. The van der Waals surface area contributed by atoms with Crippen LogP contribution in [0, 0.1) is 5.41 Å². The van der Waals surface area contributed by atoms with Crippen molar-refractivity contribution in [2.24, 2.45) is 10.7 Å². The third-order valence-electron chi connectivity index (χ3n) is 5.48. The van der Waals surface area contributed by atoms with E-state index in [1.807, 2.05) is 0 Å². The quantitative estimate of drug-likeness (QED) is 0.265. The van der Waals surface area contributed by atoms with Crippen LogP contribution in [0.1, 0.15) is 24.4 Å². The molecule has 0 spiro atoms. The summed E-state index contributed by atoms with van der Waals surface area (Å²) in [6.45, 7) is 1.79. The minimum atomic E-state index is -4.93. The summed E-state index contributed by atoms with van der Waals surface area (Å²) in [6.07, 6.45) is 0.622. The number of imidazole rings is 2. The molecule has 0 saturated heterocycles. The van der Waals surface area contributed by atoms with E-state index >= 15 is 0 Å². The number of anilines is 1. The number of halogens is 3. The van der Waals surface area contributed by atoms with Crippen molar-refractivity contribution in [1.29, 1.82) is 5.41 Å². The van der Waals surface area contributed by atoms with E-state index in [-0.39, 0.29) is 29.5 Å². The summed E-state index contributed by atoms with van der Waals surface area (Å²) in [5.41, 5.74) is 5.86. The second-order valence-electron chi connectivity index (χ2n) is 8.09. The average Bonchev–Trinajstić information content (AvgIpc) is 3.53. The van der Waals surface area contributed by atoms with Gasteiger partial charge in [0.25, 0.3) is 0 Å². The van der Waals surface area contributed by atoms with Crippen molar-refractivity contribution in [3.63, 3.8) is 0 Å². The number of fused-ring (bicyclic) bond motifs is 1. The zero-order valence-electron chi connectivity index (χ0n) is 20.9. The summed E-state index contributed by atoms with van der Waals surface area (Å²) in [5, 5.41) is 8.20. The molecule has 4 rings (SSSR count). The molecule has 0 aliphatic rings. The van der Waals surface area contributed by atoms with Gasteiger partial charge in [-0.3, -0.25) is 19.3 Å². The van der Waals surface area contributed by atoms with Crippen LogP contribution in [0.15, 0.2) is 54.3 Å². The van der Waals surface area contributed by atoms with Crippen LogP contribution in [0.25, 0.3) is 17.2 Å². The molecule has 13 nitrogen and oxygen atoms in total. The minimum Gasteiger partial charge on any atom is -0.425 e. The zero-order valence-corrected chi connectivity index (χ0v) is 20.9. The van der Waals surface area contributed by atoms with Crippen molar-refractivity contribution >= 4 is 29.4 Å². The number of ether oxygens (including phenoxy) is 2. The number of nitrogens with one attached hydrogen (secondary N) is 1. The maximum atomic E-state index is 13.0. The fourth-order valence-electron chi connectivity index (χ4n) is 3.68. The van der Waals surface area contributed by atoms with Crippen molar-refractivity contribution in [2.75, 3.05) is 19.1 Å². The topological polar surface area (TPSA) is 162 Å². The first kappa shape index (κ1) is 27.2. The lowest BCUT2D eigenvalue weighted by atomic mass is 10.2. The molecular formula is C23H23F3N10O3. The standard InChI is InChI=1S/C23H23F3N10O3/c1-13(39-22(37)34(2)19-14(11-38-3)6-4-7-30-19)36-12-29-10-15(36)17-16(18(27)33-20(28)23(24,25)26)32-21-31-8-5-9-35(17)21/h4-10,12-13H,11H2,1-3H3,(H3,27,28,33). The summed E-state index contributed by atoms with van der Waals surface area (Å²) in [6, 6.07) is 5.04. The number of alkyl halides is 3. The summed E-state index contributed by atoms with van der Waals surface area (Å²) in [5.74, 6) is -2.12. The Hall–Kier alpha value is -4.86. The van der Waals surface area contributed by atoms with Gasteiger partial charge in [-0.1, -0.05) is 6.07 Å². The van der Waals surface area contributed by atoms with Gasteiger partial charge in [-0.05, 0) is 19.1 Å². The van der Waals surface area contributed by atoms with E-state index in [4.69, 9.17) is 20.6 Å². The van der Waals surface area contributed by atoms with Gasteiger partial charge in [0.05, 0.1) is 24.8 Å². The SMILES string of the molecule is COCc1cccnc1N(C)C(=O)OC(C)n1cncc1-c1c(C(=N)N=C(N)C(F)(F)F)nc2ncccn12. The Bertz CT molecular complexity index is 1550. The molecule has 0 bridgehead atoms. The van der Waals surface area contributed by atoms with Crippen LogP contribution in [0.2, 0.25) is 0 Å². The maximum Gasteiger partial charge on any atom is 0.449 e. The van der Waals surface area contributed by atoms with Gasteiger partial charge in [-0.15, -0.1) is 0 Å². The number of rotatable bonds is 7. The van der Waals surface area contributed by atoms with Gasteiger partial charge in [0.15, 0.2) is 12.1 Å². The molecule has 16 heteroatoms. The second kappa shape index (κ2) is 10.9. The molecule has 4 aromatic rings. The van der Waals surface area contributed by atoms with Gasteiger partial charge >= 0.3 is 12.3 Å². The first-order valence-electron chi connectivity index (χ1n) is 11.3. The maximum absolute atomic E-state index is 13.0. The molecule has 4 heterocycles. The summed E-state index contributed by atoms with van der Waals surface area (Å²) in [4.78, 5) is 34.0.